The van der Waals surface area contributed by atoms with Gasteiger partial charge in [0, 0.05) is 31.7 Å². The Morgan fingerprint density at radius 3 is 2.56 bits per heavy atom. The zero-order chi connectivity index (χ0) is 11.8. The number of rotatable bonds is 3. The molecule has 0 spiro atoms. The van der Waals surface area contributed by atoms with Crippen molar-refractivity contribution < 1.29 is 9.84 Å². The van der Waals surface area contributed by atoms with Crippen LogP contribution < -0.4 is 0 Å². The number of ether oxygens (including phenoxy) is 1. The van der Waals surface area contributed by atoms with E-state index in [1.807, 2.05) is 0 Å². The summed E-state index contributed by atoms with van der Waals surface area (Å²) in [6.45, 7) is 12.2. The van der Waals surface area contributed by atoms with Crippen molar-refractivity contribution in [2.24, 2.45) is 0 Å². The van der Waals surface area contributed by atoms with Crippen LogP contribution >= 0.6 is 0 Å². The molecule has 0 aromatic rings. The third-order valence-electron chi connectivity index (χ3n) is 4.06. The molecule has 1 N–H and O–H groups in total. The number of aliphatic hydroxyl groups is 1. The van der Waals surface area contributed by atoms with Gasteiger partial charge in [-0.05, 0) is 20.4 Å². The summed E-state index contributed by atoms with van der Waals surface area (Å²) < 4.78 is 5.90. The molecule has 0 aliphatic carbocycles. The largest absolute Gasteiger partial charge is 0.390 e. The highest BCUT2D eigenvalue weighted by molar-refractivity contribution is 4.98. The summed E-state index contributed by atoms with van der Waals surface area (Å²) in [7, 11) is 0. The van der Waals surface area contributed by atoms with Gasteiger partial charge in [-0.15, -0.1) is 0 Å². The summed E-state index contributed by atoms with van der Waals surface area (Å²) in [5, 5.41) is 9.39. The van der Waals surface area contributed by atoms with Crippen LogP contribution in [0.3, 0.4) is 0 Å². The molecule has 16 heavy (non-hydrogen) atoms. The van der Waals surface area contributed by atoms with E-state index in [1.165, 1.54) is 0 Å². The van der Waals surface area contributed by atoms with E-state index in [0.717, 1.165) is 39.3 Å². The monoisotopic (exact) mass is 228 g/mol. The van der Waals surface area contributed by atoms with Crippen LogP contribution in [0.4, 0.5) is 0 Å². The lowest BCUT2D eigenvalue weighted by molar-refractivity contribution is -0.142. The molecule has 2 rings (SSSR count). The molecule has 4 heteroatoms. The first-order chi connectivity index (χ1) is 7.54. The summed E-state index contributed by atoms with van der Waals surface area (Å²) in [6, 6.07) is 0. The molecule has 1 atom stereocenters. The Hall–Kier alpha value is -0.160. The number of likely N-dealkylation sites (N-methyl/N-ethyl adjacent to an activating group) is 1. The lowest BCUT2D eigenvalue weighted by Gasteiger charge is -2.52. The van der Waals surface area contributed by atoms with E-state index < -0.39 is 0 Å². The maximum absolute atomic E-state index is 9.39. The van der Waals surface area contributed by atoms with E-state index in [-0.39, 0.29) is 17.7 Å². The summed E-state index contributed by atoms with van der Waals surface area (Å²) >= 11 is 0. The first-order valence-corrected chi connectivity index (χ1v) is 6.31. The third kappa shape index (κ3) is 2.25. The quantitative estimate of drug-likeness (QED) is 0.746. The second-order valence-corrected chi connectivity index (χ2v) is 5.47. The minimum Gasteiger partial charge on any atom is -0.390 e. The van der Waals surface area contributed by atoms with Crippen molar-refractivity contribution in [2.75, 3.05) is 39.3 Å². The zero-order valence-electron chi connectivity index (χ0n) is 10.6. The molecular formula is C12H24N2O2. The maximum atomic E-state index is 9.39. The van der Waals surface area contributed by atoms with Crippen molar-refractivity contribution in [1.82, 2.24) is 9.80 Å². The average molecular weight is 228 g/mol. The fraction of sp³-hybridized carbons (Fsp3) is 1.00. The van der Waals surface area contributed by atoms with Gasteiger partial charge in [-0.3, -0.25) is 9.80 Å². The predicted octanol–water partition coefficient (Wildman–Crippen LogP) is 0.162. The van der Waals surface area contributed by atoms with Crippen molar-refractivity contribution in [3.8, 4) is 0 Å². The Bertz CT molecular complexity index is 239. The van der Waals surface area contributed by atoms with Crippen LogP contribution in [0.1, 0.15) is 20.8 Å². The lowest BCUT2D eigenvalue weighted by Crippen LogP contribution is -2.67. The van der Waals surface area contributed by atoms with E-state index in [0.29, 0.717) is 0 Å². The third-order valence-corrected chi connectivity index (χ3v) is 4.06. The van der Waals surface area contributed by atoms with Crippen molar-refractivity contribution in [1.29, 1.82) is 0 Å². The Morgan fingerprint density at radius 1 is 1.31 bits per heavy atom. The van der Waals surface area contributed by atoms with Crippen LogP contribution in [-0.4, -0.2) is 72.0 Å². The molecule has 2 aliphatic rings. The molecule has 0 bridgehead atoms. The van der Waals surface area contributed by atoms with Crippen LogP contribution in [-0.2, 0) is 4.74 Å². The zero-order valence-corrected chi connectivity index (χ0v) is 10.6. The molecular weight excluding hydrogens is 204 g/mol. The summed E-state index contributed by atoms with van der Waals surface area (Å²) in [5.41, 5.74) is 0.0348. The van der Waals surface area contributed by atoms with E-state index in [1.54, 1.807) is 0 Å². The highest BCUT2D eigenvalue weighted by Gasteiger charge is 2.43. The van der Waals surface area contributed by atoms with Crippen LogP contribution in [0, 0.1) is 0 Å². The van der Waals surface area contributed by atoms with Gasteiger partial charge in [0.1, 0.15) is 0 Å². The maximum Gasteiger partial charge on any atom is 0.0880 e. The number of aliphatic hydroxyl groups excluding tert-OH is 1. The topological polar surface area (TPSA) is 35.9 Å². The highest BCUT2D eigenvalue weighted by atomic mass is 16.5. The standard InChI is InChI=1S/C12H24N2O2/c1-4-13-5-6-16-11(9-13)12(2,3)14-7-10(15)8-14/h10-11,15H,4-9H2,1-3H3. The Labute approximate surface area is 98.2 Å². The summed E-state index contributed by atoms with van der Waals surface area (Å²) in [4.78, 5) is 4.76. The fourth-order valence-electron chi connectivity index (χ4n) is 2.55. The van der Waals surface area contributed by atoms with Crippen LogP contribution in [0.15, 0.2) is 0 Å². The minimum atomic E-state index is -0.134. The fourth-order valence-corrected chi connectivity index (χ4v) is 2.55. The van der Waals surface area contributed by atoms with Gasteiger partial charge in [-0.2, -0.15) is 0 Å². The van der Waals surface area contributed by atoms with Gasteiger partial charge < -0.3 is 9.84 Å². The van der Waals surface area contributed by atoms with E-state index in [9.17, 15) is 5.11 Å². The van der Waals surface area contributed by atoms with Gasteiger partial charge in [-0.1, -0.05) is 6.92 Å². The number of β-amino-alcohol motifs (C(OH)–C–C–N with tert-alkyl or cyclic N) is 1. The normalized spacial score (nSPS) is 30.4. The molecule has 94 valence electrons. The minimum absolute atomic E-state index is 0.0348. The van der Waals surface area contributed by atoms with Crippen LogP contribution in [0.25, 0.3) is 0 Å². The Kier molecular flexibility index (Phi) is 3.54. The second kappa shape index (κ2) is 4.61. The number of hydrogen-bond acceptors (Lipinski definition) is 4. The van der Waals surface area contributed by atoms with Crippen LogP contribution in [0.5, 0.6) is 0 Å². The molecule has 4 nitrogen and oxygen atoms in total. The van der Waals surface area contributed by atoms with Gasteiger partial charge in [0.2, 0.25) is 0 Å². The SMILES string of the molecule is CCN1CCOC(C(C)(C)N2CC(O)C2)C1. The van der Waals surface area contributed by atoms with Crippen molar-refractivity contribution in [2.45, 2.75) is 38.5 Å². The van der Waals surface area contributed by atoms with Gasteiger partial charge in [0.15, 0.2) is 0 Å². The number of nitrogens with zero attached hydrogens (tertiary/aromatic N) is 2. The lowest BCUT2D eigenvalue weighted by atomic mass is 9.89. The molecule has 1 unspecified atom stereocenters. The first-order valence-electron chi connectivity index (χ1n) is 6.31. The van der Waals surface area contributed by atoms with Crippen LogP contribution in [0.2, 0.25) is 0 Å². The molecule has 0 saturated carbocycles. The van der Waals surface area contributed by atoms with Crippen molar-refractivity contribution >= 4 is 0 Å². The molecule has 2 aliphatic heterocycles. The molecule has 0 aromatic carbocycles. The molecule has 2 fully saturated rings. The van der Waals surface area contributed by atoms with Crippen molar-refractivity contribution in [3.05, 3.63) is 0 Å². The molecule has 2 saturated heterocycles. The van der Waals surface area contributed by atoms with Gasteiger partial charge in [0.25, 0.3) is 0 Å². The number of hydrogen-bond donors (Lipinski definition) is 1. The van der Waals surface area contributed by atoms with E-state index >= 15 is 0 Å². The van der Waals surface area contributed by atoms with E-state index in [4.69, 9.17) is 4.74 Å². The molecule has 0 radical (unpaired) electrons. The molecule has 0 amide bonds. The van der Waals surface area contributed by atoms with Crippen molar-refractivity contribution in [3.63, 3.8) is 0 Å². The van der Waals surface area contributed by atoms with Gasteiger partial charge in [-0.25, -0.2) is 0 Å². The summed E-state index contributed by atoms with van der Waals surface area (Å²) in [6.07, 6.45) is 0.124. The van der Waals surface area contributed by atoms with E-state index in [2.05, 4.69) is 30.6 Å². The average Bonchev–Trinajstić information content (AvgIpc) is 2.25. The number of morpholine rings is 1. The Morgan fingerprint density at radius 2 is 2.00 bits per heavy atom. The van der Waals surface area contributed by atoms with Gasteiger partial charge in [0.05, 0.1) is 18.8 Å². The predicted molar refractivity (Wildman–Crippen MR) is 63.5 cm³/mol. The highest BCUT2D eigenvalue weighted by Crippen LogP contribution is 2.28. The number of likely N-dealkylation sites (tertiary alicyclic amines) is 1. The molecule has 2 heterocycles. The second-order valence-electron chi connectivity index (χ2n) is 5.47. The molecule has 0 aromatic heterocycles. The first kappa shape index (κ1) is 12.3. The Balaban J connectivity index is 1.94. The summed E-state index contributed by atoms with van der Waals surface area (Å²) in [5.74, 6) is 0. The smallest absolute Gasteiger partial charge is 0.0880 e. The van der Waals surface area contributed by atoms with Gasteiger partial charge >= 0.3 is 0 Å².